The van der Waals surface area contributed by atoms with Gasteiger partial charge >= 0.3 is 7.69 Å². The topological polar surface area (TPSA) is 50.7 Å². The fraction of sp³-hybridized carbons (Fsp3) is 0.200. The second kappa shape index (κ2) is 11.2. The Balaban J connectivity index is 2.04. The van der Waals surface area contributed by atoms with Gasteiger partial charge in [0.1, 0.15) is 18.1 Å². The Kier molecular flexibility index (Phi) is 8.13. The summed E-state index contributed by atoms with van der Waals surface area (Å²) in [5, 5.41) is 12.0. The lowest BCUT2D eigenvalue weighted by molar-refractivity contribution is 0.318. The highest BCUT2D eigenvalue weighted by Gasteiger charge is 2.13. The Morgan fingerprint density at radius 2 is 1.43 bits per heavy atom. The molecule has 4 nitrogen and oxygen atoms in total. The number of benzene rings is 3. The molecule has 1 radical (unpaired) electrons. The normalized spacial score (nSPS) is 11.6. The van der Waals surface area contributed by atoms with Crippen LogP contribution in [0.15, 0.2) is 78.9 Å². The van der Waals surface area contributed by atoms with Crippen LogP contribution in [0.1, 0.15) is 30.0 Å². The first-order chi connectivity index (χ1) is 14.8. The number of likely N-dealkylation sites (N-methyl/N-ethyl adjacent to an activating group) is 1. The Morgan fingerprint density at radius 1 is 0.833 bits per heavy atom. The number of rotatable bonds is 10. The zero-order valence-corrected chi connectivity index (χ0v) is 17.5. The van der Waals surface area contributed by atoms with E-state index in [0.717, 1.165) is 29.8 Å². The highest BCUT2D eigenvalue weighted by atomic mass is 16.5. The van der Waals surface area contributed by atoms with Gasteiger partial charge in [0.05, 0.1) is 0 Å². The van der Waals surface area contributed by atoms with Crippen LogP contribution in [0, 0.1) is 0 Å². The lowest BCUT2D eigenvalue weighted by atomic mass is 9.88. The average Bonchev–Trinajstić information content (AvgIpc) is 2.80. The standard InChI is InChI=1S/C25H27BNO3/c1-3-24(19-7-5-4-6-8-19)25(21-11-15-23(16-12-21)30-26-28)20-9-13-22(14-10-20)29-18-17-27-2/h4-16,27-28H,3,17-18H2,1-2H3/b25-24-. The SMILES string of the molecule is CC/C(=C(/c1ccc(O[B]O)cc1)c1ccc(OCCNC)cc1)c1ccccc1. The summed E-state index contributed by atoms with van der Waals surface area (Å²) >= 11 is 0. The van der Waals surface area contributed by atoms with Crippen LogP contribution in [0.4, 0.5) is 0 Å². The van der Waals surface area contributed by atoms with Crippen molar-refractivity contribution < 1.29 is 14.4 Å². The maximum absolute atomic E-state index is 8.88. The maximum atomic E-state index is 8.88. The summed E-state index contributed by atoms with van der Waals surface area (Å²) in [6.07, 6.45) is 0.891. The zero-order chi connectivity index (χ0) is 21.2. The van der Waals surface area contributed by atoms with E-state index in [-0.39, 0.29) is 0 Å². The van der Waals surface area contributed by atoms with E-state index in [2.05, 4.69) is 48.6 Å². The molecule has 3 aromatic rings. The number of ether oxygens (including phenoxy) is 1. The first kappa shape index (κ1) is 21.7. The number of hydrogen-bond acceptors (Lipinski definition) is 4. The molecular formula is C25H27BNO3. The summed E-state index contributed by atoms with van der Waals surface area (Å²) in [4.78, 5) is 0. The molecule has 0 aliphatic carbocycles. The molecule has 30 heavy (non-hydrogen) atoms. The minimum absolute atomic E-state index is 0.589. The number of nitrogens with one attached hydrogen (secondary N) is 1. The third-order valence-corrected chi connectivity index (χ3v) is 4.87. The van der Waals surface area contributed by atoms with Gasteiger partial charge in [-0.05, 0) is 65.6 Å². The highest BCUT2D eigenvalue weighted by molar-refractivity contribution is 6.17. The molecule has 5 heteroatoms. The van der Waals surface area contributed by atoms with E-state index >= 15 is 0 Å². The van der Waals surface area contributed by atoms with E-state index in [1.807, 2.05) is 49.5 Å². The molecule has 3 rings (SSSR count). The molecule has 0 saturated heterocycles. The van der Waals surface area contributed by atoms with Crippen LogP contribution >= 0.6 is 0 Å². The van der Waals surface area contributed by atoms with Crippen molar-refractivity contribution >= 4 is 18.8 Å². The summed E-state index contributed by atoms with van der Waals surface area (Å²) in [6, 6.07) is 26.4. The van der Waals surface area contributed by atoms with Crippen molar-refractivity contribution in [2.75, 3.05) is 20.2 Å². The Labute approximate surface area is 179 Å². The van der Waals surface area contributed by atoms with Crippen molar-refractivity contribution in [3.8, 4) is 11.5 Å². The zero-order valence-electron chi connectivity index (χ0n) is 17.5. The average molecular weight is 400 g/mol. The summed E-state index contributed by atoms with van der Waals surface area (Å²) in [6.45, 7) is 3.61. The fourth-order valence-corrected chi connectivity index (χ4v) is 3.43. The summed E-state index contributed by atoms with van der Waals surface area (Å²) < 4.78 is 10.9. The molecule has 3 aromatic carbocycles. The van der Waals surface area contributed by atoms with E-state index in [9.17, 15) is 0 Å². The minimum atomic E-state index is 0.589. The largest absolute Gasteiger partial charge is 0.569 e. The first-order valence-electron chi connectivity index (χ1n) is 10.2. The van der Waals surface area contributed by atoms with Crippen LogP contribution in [-0.4, -0.2) is 32.9 Å². The van der Waals surface area contributed by atoms with Gasteiger partial charge in [-0.3, -0.25) is 0 Å². The van der Waals surface area contributed by atoms with Crippen LogP contribution in [0.5, 0.6) is 11.5 Å². The third kappa shape index (κ3) is 5.53. The van der Waals surface area contributed by atoms with E-state index in [0.29, 0.717) is 20.0 Å². The van der Waals surface area contributed by atoms with Gasteiger partial charge in [0, 0.05) is 6.54 Å². The smallest absolute Gasteiger partial charge is 0.537 e. The van der Waals surface area contributed by atoms with Gasteiger partial charge in [0.15, 0.2) is 0 Å². The molecule has 0 heterocycles. The van der Waals surface area contributed by atoms with E-state index in [4.69, 9.17) is 14.4 Å². The lowest BCUT2D eigenvalue weighted by Crippen LogP contribution is -2.15. The highest BCUT2D eigenvalue weighted by Crippen LogP contribution is 2.35. The van der Waals surface area contributed by atoms with E-state index < -0.39 is 0 Å². The molecule has 0 fully saturated rings. The van der Waals surface area contributed by atoms with E-state index in [1.54, 1.807) is 0 Å². The van der Waals surface area contributed by atoms with Gasteiger partial charge < -0.3 is 19.7 Å². The Bertz CT molecular complexity index is 938. The van der Waals surface area contributed by atoms with Gasteiger partial charge in [0.25, 0.3) is 0 Å². The molecule has 0 atom stereocenters. The second-order valence-electron chi connectivity index (χ2n) is 6.80. The second-order valence-corrected chi connectivity index (χ2v) is 6.80. The molecule has 0 spiro atoms. The molecule has 0 unspecified atom stereocenters. The van der Waals surface area contributed by atoms with Gasteiger partial charge in [-0.2, -0.15) is 0 Å². The Morgan fingerprint density at radius 3 is 1.97 bits per heavy atom. The molecule has 0 bridgehead atoms. The van der Waals surface area contributed by atoms with Crippen molar-refractivity contribution in [1.82, 2.24) is 5.32 Å². The first-order valence-corrected chi connectivity index (χ1v) is 10.2. The fourth-order valence-electron chi connectivity index (χ4n) is 3.43. The predicted octanol–water partition coefficient (Wildman–Crippen LogP) is 4.56. The molecule has 0 saturated carbocycles. The van der Waals surface area contributed by atoms with Crippen molar-refractivity contribution in [3.63, 3.8) is 0 Å². The molecular weight excluding hydrogens is 373 g/mol. The molecule has 0 aliphatic heterocycles. The quantitative estimate of drug-likeness (QED) is 0.298. The van der Waals surface area contributed by atoms with Crippen molar-refractivity contribution in [3.05, 3.63) is 95.6 Å². The van der Waals surface area contributed by atoms with Crippen molar-refractivity contribution in [2.24, 2.45) is 0 Å². The van der Waals surface area contributed by atoms with Crippen LogP contribution in [0.25, 0.3) is 11.1 Å². The minimum Gasteiger partial charge on any atom is -0.537 e. The molecule has 2 N–H and O–H groups in total. The predicted molar refractivity (Wildman–Crippen MR) is 124 cm³/mol. The van der Waals surface area contributed by atoms with Crippen LogP contribution in [-0.2, 0) is 0 Å². The summed E-state index contributed by atoms with van der Waals surface area (Å²) in [5.41, 5.74) is 5.85. The lowest BCUT2D eigenvalue weighted by Gasteiger charge is -2.17. The summed E-state index contributed by atoms with van der Waals surface area (Å²) in [5.74, 6) is 1.44. The maximum Gasteiger partial charge on any atom is 0.569 e. The van der Waals surface area contributed by atoms with Gasteiger partial charge in [-0.25, -0.2) is 0 Å². The number of hydrogen-bond donors (Lipinski definition) is 2. The van der Waals surface area contributed by atoms with Gasteiger partial charge in [0.2, 0.25) is 0 Å². The molecule has 0 aromatic heterocycles. The third-order valence-electron chi connectivity index (χ3n) is 4.87. The molecule has 0 amide bonds. The summed E-state index contributed by atoms with van der Waals surface area (Å²) in [7, 11) is 2.61. The Hall–Kier alpha value is -3.02. The van der Waals surface area contributed by atoms with Crippen molar-refractivity contribution in [2.45, 2.75) is 13.3 Å². The van der Waals surface area contributed by atoms with Crippen LogP contribution in [0.3, 0.4) is 0 Å². The number of allylic oxidation sites excluding steroid dienone is 1. The van der Waals surface area contributed by atoms with E-state index in [1.165, 1.54) is 16.7 Å². The molecule has 153 valence electrons. The monoisotopic (exact) mass is 400 g/mol. The van der Waals surface area contributed by atoms with Gasteiger partial charge in [-0.15, -0.1) is 0 Å². The van der Waals surface area contributed by atoms with Crippen LogP contribution in [0.2, 0.25) is 0 Å². The molecule has 0 aliphatic rings. The van der Waals surface area contributed by atoms with Gasteiger partial charge in [-0.1, -0.05) is 61.5 Å². The van der Waals surface area contributed by atoms with Crippen LogP contribution < -0.4 is 14.7 Å². The van der Waals surface area contributed by atoms with Crippen molar-refractivity contribution in [1.29, 1.82) is 0 Å².